The Labute approximate surface area is 204 Å². The maximum Gasteiger partial charge on any atom is 0.262 e. The van der Waals surface area contributed by atoms with Gasteiger partial charge in [0.2, 0.25) is 10.0 Å². The smallest absolute Gasteiger partial charge is 0.262 e. The van der Waals surface area contributed by atoms with Gasteiger partial charge in [0.25, 0.3) is 5.91 Å². The molecule has 0 radical (unpaired) electrons. The Balaban J connectivity index is 1.25. The lowest BCUT2D eigenvalue weighted by Gasteiger charge is -2.10. The van der Waals surface area contributed by atoms with Crippen molar-refractivity contribution in [1.82, 2.24) is 4.72 Å². The van der Waals surface area contributed by atoms with Crippen LogP contribution in [0.15, 0.2) is 114 Å². The van der Waals surface area contributed by atoms with E-state index in [1.165, 1.54) is 24.3 Å². The molecule has 4 rings (SSSR count). The van der Waals surface area contributed by atoms with Crippen molar-refractivity contribution in [3.63, 3.8) is 0 Å². The molecule has 4 aromatic carbocycles. The summed E-state index contributed by atoms with van der Waals surface area (Å²) in [6.07, 6.45) is 0. The van der Waals surface area contributed by atoms with E-state index in [9.17, 15) is 13.2 Å². The Morgan fingerprint density at radius 1 is 0.686 bits per heavy atom. The fraction of sp³-hybridized carbons (Fsp3) is 0.0741. The van der Waals surface area contributed by atoms with E-state index in [0.717, 1.165) is 11.3 Å². The highest BCUT2D eigenvalue weighted by molar-refractivity contribution is 7.89. The fourth-order valence-electron chi connectivity index (χ4n) is 3.15. The van der Waals surface area contributed by atoms with Crippen LogP contribution in [0.5, 0.6) is 17.2 Å². The molecule has 0 bridgehead atoms. The maximum atomic E-state index is 12.5. The Morgan fingerprint density at radius 2 is 1.26 bits per heavy atom. The molecule has 0 saturated carbocycles. The third-order valence-electron chi connectivity index (χ3n) is 4.93. The summed E-state index contributed by atoms with van der Waals surface area (Å²) < 4.78 is 38.8. The van der Waals surface area contributed by atoms with E-state index in [4.69, 9.17) is 9.47 Å². The van der Waals surface area contributed by atoms with E-state index in [1.54, 1.807) is 24.3 Å². The number of carbonyl (C=O) groups is 1. The zero-order valence-electron chi connectivity index (χ0n) is 18.8. The topological polar surface area (TPSA) is 93.7 Å². The first-order valence-corrected chi connectivity index (χ1v) is 12.4. The summed E-state index contributed by atoms with van der Waals surface area (Å²) in [5.74, 6) is 1.42. The van der Waals surface area contributed by atoms with Crippen molar-refractivity contribution in [3.05, 3.63) is 115 Å². The number of amides is 1. The van der Waals surface area contributed by atoms with Crippen molar-refractivity contribution in [2.45, 2.75) is 11.4 Å². The van der Waals surface area contributed by atoms with Crippen molar-refractivity contribution in [2.75, 3.05) is 11.9 Å². The predicted octanol–water partition coefficient (Wildman–Crippen LogP) is 4.97. The molecule has 7 nitrogen and oxygen atoms in total. The molecular formula is C27H24N2O5S. The Bertz CT molecular complexity index is 1340. The third kappa shape index (κ3) is 7.17. The van der Waals surface area contributed by atoms with Gasteiger partial charge in [0.05, 0.1) is 4.90 Å². The number of para-hydroxylation sites is 1. The fourth-order valence-corrected chi connectivity index (χ4v) is 4.17. The lowest BCUT2D eigenvalue weighted by Crippen LogP contribution is -2.23. The van der Waals surface area contributed by atoms with Crippen LogP contribution in [0, 0.1) is 0 Å². The Kier molecular flexibility index (Phi) is 7.77. The summed E-state index contributed by atoms with van der Waals surface area (Å²) in [5.41, 5.74) is 1.46. The number of benzene rings is 4. The van der Waals surface area contributed by atoms with Gasteiger partial charge in [0, 0.05) is 12.2 Å². The Hall–Kier alpha value is -4.14. The predicted molar refractivity (Wildman–Crippen MR) is 134 cm³/mol. The monoisotopic (exact) mass is 488 g/mol. The van der Waals surface area contributed by atoms with Gasteiger partial charge in [-0.05, 0) is 66.2 Å². The number of anilines is 1. The van der Waals surface area contributed by atoms with Gasteiger partial charge in [0.15, 0.2) is 6.61 Å². The second kappa shape index (κ2) is 11.3. The standard InChI is InChI=1S/C27H24N2O5S/c30-27(29-22-11-13-25(14-12-22)34-24-9-5-2-6-10-24)20-33-23-15-17-26(18-16-23)35(31,32)28-19-21-7-3-1-4-8-21/h1-18,28H,19-20H2,(H,29,30). The molecule has 0 atom stereocenters. The van der Waals surface area contributed by atoms with Crippen LogP contribution in [-0.4, -0.2) is 20.9 Å². The highest BCUT2D eigenvalue weighted by Gasteiger charge is 2.14. The zero-order chi connectivity index (χ0) is 24.5. The number of carbonyl (C=O) groups excluding carboxylic acids is 1. The molecule has 0 fully saturated rings. The first-order chi connectivity index (χ1) is 17.0. The van der Waals surface area contributed by atoms with Crippen molar-refractivity contribution >= 4 is 21.6 Å². The minimum Gasteiger partial charge on any atom is -0.484 e. The number of hydrogen-bond donors (Lipinski definition) is 2. The van der Waals surface area contributed by atoms with Gasteiger partial charge in [-0.2, -0.15) is 0 Å². The summed E-state index contributed by atoms with van der Waals surface area (Å²) in [4.78, 5) is 12.3. The van der Waals surface area contributed by atoms with E-state index in [2.05, 4.69) is 10.0 Å². The molecule has 0 saturated heterocycles. The van der Waals surface area contributed by atoms with E-state index >= 15 is 0 Å². The minimum atomic E-state index is -3.67. The number of nitrogens with one attached hydrogen (secondary N) is 2. The number of sulfonamides is 1. The SMILES string of the molecule is O=C(COc1ccc(S(=O)(=O)NCc2ccccc2)cc1)Nc1ccc(Oc2ccccc2)cc1. The van der Waals surface area contributed by atoms with Crippen LogP contribution < -0.4 is 19.5 Å². The largest absolute Gasteiger partial charge is 0.484 e. The van der Waals surface area contributed by atoms with Crippen LogP contribution in [0.2, 0.25) is 0 Å². The molecule has 0 unspecified atom stereocenters. The molecule has 0 aliphatic carbocycles. The summed E-state index contributed by atoms with van der Waals surface area (Å²) in [5, 5.41) is 2.75. The second-order valence-electron chi connectivity index (χ2n) is 7.56. The highest BCUT2D eigenvalue weighted by Crippen LogP contribution is 2.22. The first-order valence-electron chi connectivity index (χ1n) is 10.9. The molecule has 4 aromatic rings. The van der Waals surface area contributed by atoms with Crippen LogP contribution in [0.3, 0.4) is 0 Å². The molecule has 0 spiro atoms. The first kappa shape index (κ1) is 24.0. The third-order valence-corrected chi connectivity index (χ3v) is 6.35. The van der Waals surface area contributed by atoms with Gasteiger partial charge in [-0.3, -0.25) is 4.79 Å². The normalized spacial score (nSPS) is 11.0. The van der Waals surface area contributed by atoms with Crippen LogP contribution in [0.4, 0.5) is 5.69 Å². The van der Waals surface area contributed by atoms with Gasteiger partial charge < -0.3 is 14.8 Å². The lowest BCUT2D eigenvalue weighted by molar-refractivity contribution is -0.118. The minimum absolute atomic E-state index is 0.114. The van der Waals surface area contributed by atoms with Crippen molar-refractivity contribution in [1.29, 1.82) is 0 Å². The van der Waals surface area contributed by atoms with E-state index < -0.39 is 10.0 Å². The van der Waals surface area contributed by atoms with E-state index in [1.807, 2.05) is 60.7 Å². The van der Waals surface area contributed by atoms with Gasteiger partial charge in [-0.1, -0.05) is 48.5 Å². The van der Waals surface area contributed by atoms with Crippen LogP contribution in [-0.2, 0) is 21.4 Å². The zero-order valence-corrected chi connectivity index (χ0v) is 19.6. The van der Waals surface area contributed by atoms with E-state index in [0.29, 0.717) is 17.2 Å². The van der Waals surface area contributed by atoms with Crippen molar-refractivity contribution in [3.8, 4) is 17.2 Å². The summed E-state index contributed by atoms with van der Waals surface area (Å²) in [7, 11) is -3.67. The van der Waals surface area contributed by atoms with E-state index in [-0.39, 0.29) is 24.0 Å². The summed E-state index contributed by atoms with van der Waals surface area (Å²) >= 11 is 0. The summed E-state index contributed by atoms with van der Waals surface area (Å²) in [6.45, 7) is -0.0262. The molecule has 0 aliphatic rings. The molecule has 35 heavy (non-hydrogen) atoms. The average Bonchev–Trinajstić information content (AvgIpc) is 2.89. The number of hydrogen-bond acceptors (Lipinski definition) is 5. The second-order valence-corrected chi connectivity index (χ2v) is 9.32. The van der Waals surface area contributed by atoms with Crippen LogP contribution in [0.25, 0.3) is 0 Å². The molecule has 1 amide bonds. The van der Waals surface area contributed by atoms with Crippen LogP contribution in [0.1, 0.15) is 5.56 Å². The molecule has 8 heteroatoms. The highest BCUT2D eigenvalue weighted by atomic mass is 32.2. The molecule has 0 heterocycles. The molecule has 2 N–H and O–H groups in total. The van der Waals surface area contributed by atoms with Crippen molar-refractivity contribution in [2.24, 2.45) is 0 Å². The molecule has 178 valence electrons. The molecular weight excluding hydrogens is 464 g/mol. The number of rotatable bonds is 10. The lowest BCUT2D eigenvalue weighted by atomic mass is 10.2. The number of ether oxygens (including phenoxy) is 2. The van der Waals surface area contributed by atoms with Gasteiger partial charge in [-0.15, -0.1) is 0 Å². The van der Waals surface area contributed by atoms with Crippen LogP contribution >= 0.6 is 0 Å². The van der Waals surface area contributed by atoms with Gasteiger partial charge in [-0.25, -0.2) is 13.1 Å². The average molecular weight is 489 g/mol. The summed E-state index contributed by atoms with van der Waals surface area (Å²) in [6, 6.07) is 31.5. The van der Waals surface area contributed by atoms with Crippen molar-refractivity contribution < 1.29 is 22.7 Å². The quantitative estimate of drug-likeness (QED) is 0.329. The Morgan fingerprint density at radius 3 is 1.91 bits per heavy atom. The van der Waals surface area contributed by atoms with Gasteiger partial charge >= 0.3 is 0 Å². The molecule has 0 aromatic heterocycles. The molecule has 0 aliphatic heterocycles. The van der Waals surface area contributed by atoms with Gasteiger partial charge in [0.1, 0.15) is 17.2 Å². The maximum absolute atomic E-state index is 12.5.